The molecular formula is C27H33N5O6. The van der Waals surface area contributed by atoms with Gasteiger partial charge in [0.05, 0.1) is 12.6 Å². The second-order valence-corrected chi connectivity index (χ2v) is 9.51. The van der Waals surface area contributed by atoms with E-state index in [-0.39, 0.29) is 17.2 Å². The predicted molar refractivity (Wildman–Crippen MR) is 138 cm³/mol. The van der Waals surface area contributed by atoms with Crippen LogP contribution in [-0.2, 0) is 17.6 Å². The first kappa shape index (κ1) is 26.9. The van der Waals surface area contributed by atoms with Crippen LogP contribution in [0, 0.1) is 0 Å². The molecule has 0 atom stereocenters. The van der Waals surface area contributed by atoms with Crippen LogP contribution in [-0.4, -0.2) is 54.0 Å². The van der Waals surface area contributed by atoms with E-state index < -0.39 is 11.7 Å². The Bertz CT molecular complexity index is 1250. The summed E-state index contributed by atoms with van der Waals surface area (Å²) in [5, 5.41) is 41.3. The number of ether oxygens (including phenoxy) is 1. The molecule has 5 rings (SSSR count). The number of carbonyl (C=O) groups is 2. The standard InChI is InChI=1S/C20H27N5O2.C7H6O4/c26-20-12-9-15-14-17(10-11-18(15)21-20)27-13-5-4-8-19-22-23-24-25(19)16-6-2-1-3-7-16;8-4-1-2-5(7(10)11)6(9)3-4/h10-11,14,16H,1-9,12-13H2,(H,21,26);1-3,8-9H,(H,10,11). The fourth-order valence-corrected chi connectivity index (χ4v) is 4.71. The van der Waals surface area contributed by atoms with Crippen LogP contribution in [0.5, 0.6) is 17.2 Å². The zero-order valence-corrected chi connectivity index (χ0v) is 21.2. The first-order valence-electron chi connectivity index (χ1n) is 13.0. The Balaban J connectivity index is 0.000000257. The molecule has 202 valence electrons. The van der Waals surface area contributed by atoms with Crippen LogP contribution in [0.25, 0.3) is 0 Å². The minimum absolute atomic E-state index is 0.0896. The third-order valence-corrected chi connectivity index (χ3v) is 6.73. The van der Waals surface area contributed by atoms with Gasteiger partial charge in [0.15, 0.2) is 5.82 Å². The zero-order valence-electron chi connectivity index (χ0n) is 21.2. The van der Waals surface area contributed by atoms with Crippen molar-refractivity contribution in [3.63, 3.8) is 0 Å². The van der Waals surface area contributed by atoms with Gasteiger partial charge in [0.1, 0.15) is 22.8 Å². The van der Waals surface area contributed by atoms with Gasteiger partial charge in [-0.15, -0.1) is 5.10 Å². The molecule has 1 aliphatic carbocycles. The lowest BCUT2D eigenvalue weighted by molar-refractivity contribution is -0.116. The number of unbranched alkanes of at least 4 members (excludes halogenated alkanes) is 1. The Hall–Kier alpha value is -4.15. The molecule has 1 aliphatic heterocycles. The van der Waals surface area contributed by atoms with Crippen molar-refractivity contribution in [2.45, 2.75) is 70.3 Å². The third kappa shape index (κ3) is 7.21. The van der Waals surface area contributed by atoms with Gasteiger partial charge in [-0.1, -0.05) is 19.3 Å². The maximum absolute atomic E-state index is 11.4. The SMILES string of the molecule is O=C(O)c1ccc(O)cc1O.O=C1CCc2cc(OCCCCc3nnnn3C3CCCCC3)ccc2N1. The van der Waals surface area contributed by atoms with E-state index in [2.05, 4.69) is 25.5 Å². The number of benzene rings is 2. The normalized spacial score (nSPS) is 15.1. The van der Waals surface area contributed by atoms with Gasteiger partial charge in [-0.3, -0.25) is 4.79 Å². The maximum Gasteiger partial charge on any atom is 0.339 e. The summed E-state index contributed by atoms with van der Waals surface area (Å²) in [7, 11) is 0. The molecule has 11 heteroatoms. The summed E-state index contributed by atoms with van der Waals surface area (Å²) in [6.07, 6.45) is 10.5. The number of nitrogens with one attached hydrogen (secondary N) is 1. The number of anilines is 1. The molecular weight excluding hydrogens is 490 g/mol. The molecule has 0 unspecified atom stereocenters. The summed E-state index contributed by atoms with van der Waals surface area (Å²) in [5.41, 5.74) is 1.84. The van der Waals surface area contributed by atoms with Crippen LogP contribution in [0.2, 0.25) is 0 Å². The van der Waals surface area contributed by atoms with Crippen molar-refractivity contribution < 1.29 is 29.6 Å². The van der Waals surface area contributed by atoms with E-state index in [1.165, 1.54) is 38.2 Å². The highest BCUT2D eigenvalue weighted by molar-refractivity contribution is 5.94. The number of hydrogen-bond donors (Lipinski definition) is 4. The molecule has 0 bridgehead atoms. The molecule has 0 saturated heterocycles. The van der Waals surface area contributed by atoms with Gasteiger partial charge in [0.2, 0.25) is 5.91 Å². The molecule has 2 aliphatic rings. The van der Waals surface area contributed by atoms with Crippen LogP contribution in [0.4, 0.5) is 5.69 Å². The number of carboxylic acids is 1. The van der Waals surface area contributed by atoms with E-state index in [1.807, 2.05) is 18.2 Å². The van der Waals surface area contributed by atoms with Crippen LogP contribution in [0.1, 0.15) is 79.2 Å². The number of phenols is 2. The van der Waals surface area contributed by atoms with Crippen LogP contribution < -0.4 is 10.1 Å². The predicted octanol–water partition coefficient (Wildman–Crippen LogP) is 4.26. The quantitative estimate of drug-likeness (QED) is 0.316. The summed E-state index contributed by atoms with van der Waals surface area (Å²) >= 11 is 0. The lowest BCUT2D eigenvalue weighted by Crippen LogP contribution is -2.18. The van der Waals surface area contributed by atoms with E-state index in [9.17, 15) is 9.59 Å². The molecule has 0 radical (unpaired) electrons. The minimum atomic E-state index is -1.22. The van der Waals surface area contributed by atoms with Crippen molar-refractivity contribution in [2.75, 3.05) is 11.9 Å². The molecule has 1 aromatic heterocycles. The van der Waals surface area contributed by atoms with Gasteiger partial charge in [0, 0.05) is 24.6 Å². The number of amides is 1. The fraction of sp³-hybridized carbons (Fsp3) is 0.444. The summed E-state index contributed by atoms with van der Waals surface area (Å²) in [6, 6.07) is 9.68. The molecule has 2 aromatic carbocycles. The van der Waals surface area contributed by atoms with Crippen molar-refractivity contribution in [3.8, 4) is 17.2 Å². The Kier molecular flexibility index (Phi) is 9.12. The van der Waals surface area contributed by atoms with Crippen LogP contribution in [0.3, 0.4) is 0 Å². The number of carbonyl (C=O) groups excluding carboxylic acids is 1. The third-order valence-electron chi connectivity index (χ3n) is 6.73. The lowest BCUT2D eigenvalue weighted by Gasteiger charge is -2.22. The first-order valence-corrected chi connectivity index (χ1v) is 13.0. The van der Waals surface area contributed by atoms with E-state index in [4.69, 9.17) is 20.1 Å². The van der Waals surface area contributed by atoms with Crippen molar-refractivity contribution in [1.82, 2.24) is 20.2 Å². The highest BCUT2D eigenvalue weighted by atomic mass is 16.5. The average Bonchev–Trinajstić information content (AvgIpc) is 3.38. The second-order valence-electron chi connectivity index (χ2n) is 9.51. The molecule has 1 saturated carbocycles. The van der Waals surface area contributed by atoms with E-state index in [0.717, 1.165) is 60.6 Å². The van der Waals surface area contributed by atoms with Gasteiger partial charge in [0.25, 0.3) is 0 Å². The monoisotopic (exact) mass is 523 g/mol. The number of aromatic hydroxyl groups is 2. The molecule has 1 fully saturated rings. The number of tetrazole rings is 1. The van der Waals surface area contributed by atoms with Crippen molar-refractivity contribution >= 4 is 17.6 Å². The molecule has 11 nitrogen and oxygen atoms in total. The largest absolute Gasteiger partial charge is 0.508 e. The Labute approximate surface area is 220 Å². The Morgan fingerprint density at radius 1 is 1.05 bits per heavy atom. The number of fused-ring (bicyclic) bond motifs is 1. The summed E-state index contributed by atoms with van der Waals surface area (Å²) in [6.45, 7) is 0.677. The molecule has 0 spiro atoms. The summed E-state index contributed by atoms with van der Waals surface area (Å²) in [5.74, 6) is 0.155. The zero-order chi connectivity index (χ0) is 26.9. The van der Waals surface area contributed by atoms with Gasteiger partial charge < -0.3 is 25.4 Å². The average molecular weight is 524 g/mol. The van der Waals surface area contributed by atoms with Crippen molar-refractivity contribution in [1.29, 1.82) is 0 Å². The fourth-order valence-electron chi connectivity index (χ4n) is 4.71. The van der Waals surface area contributed by atoms with Crippen molar-refractivity contribution in [3.05, 3.63) is 53.3 Å². The number of rotatable bonds is 8. The van der Waals surface area contributed by atoms with Crippen LogP contribution in [0.15, 0.2) is 36.4 Å². The second kappa shape index (κ2) is 12.9. The highest BCUT2D eigenvalue weighted by Gasteiger charge is 2.20. The van der Waals surface area contributed by atoms with Gasteiger partial charge in [-0.05, 0) is 78.4 Å². The molecule has 4 N–H and O–H groups in total. The Morgan fingerprint density at radius 3 is 2.63 bits per heavy atom. The molecule has 2 heterocycles. The van der Waals surface area contributed by atoms with E-state index in [0.29, 0.717) is 19.1 Å². The Morgan fingerprint density at radius 2 is 1.87 bits per heavy atom. The van der Waals surface area contributed by atoms with Gasteiger partial charge in [-0.2, -0.15) is 0 Å². The number of phenolic OH excluding ortho intramolecular Hbond substituents is 1. The van der Waals surface area contributed by atoms with E-state index >= 15 is 0 Å². The molecule has 1 amide bonds. The smallest absolute Gasteiger partial charge is 0.339 e. The molecule has 3 aromatic rings. The van der Waals surface area contributed by atoms with Crippen molar-refractivity contribution in [2.24, 2.45) is 0 Å². The number of carboxylic acid groups (broad SMARTS) is 1. The highest BCUT2D eigenvalue weighted by Crippen LogP contribution is 2.29. The lowest BCUT2D eigenvalue weighted by atomic mass is 9.95. The van der Waals surface area contributed by atoms with Gasteiger partial charge in [-0.25, -0.2) is 9.48 Å². The maximum atomic E-state index is 11.4. The first-order chi connectivity index (χ1) is 18.4. The number of nitrogens with zero attached hydrogens (tertiary/aromatic N) is 4. The summed E-state index contributed by atoms with van der Waals surface area (Å²) in [4.78, 5) is 21.7. The molecule has 38 heavy (non-hydrogen) atoms. The minimum Gasteiger partial charge on any atom is -0.508 e. The summed E-state index contributed by atoms with van der Waals surface area (Å²) < 4.78 is 7.95. The van der Waals surface area contributed by atoms with E-state index in [1.54, 1.807) is 0 Å². The van der Waals surface area contributed by atoms with Crippen LogP contribution >= 0.6 is 0 Å². The number of aromatic nitrogens is 4. The number of aromatic carboxylic acids is 1. The number of hydrogen-bond acceptors (Lipinski definition) is 8. The van der Waals surface area contributed by atoms with Gasteiger partial charge >= 0.3 is 5.97 Å². The topological polar surface area (TPSA) is 160 Å². The number of aryl methyl sites for hydroxylation is 2.